The maximum Gasteiger partial charge on any atom is 0.166 e. The molecule has 2 atom stereocenters. The quantitative estimate of drug-likeness (QED) is 0.576. The van der Waals surface area contributed by atoms with Gasteiger partial charge in [0, 0.05) is 5.92 Å². The third kappa shape index (κ3) is 5.95. The van der Waals surface area contributed by atoms with Crippen molar-refractivity contribution in [3.63, 3.8) is 0 Å². The molecule has 23 heavy (non-hydrogen) atoms. The molecule has 2 rings (SSSR count). The van der Waals surface area contributed by atoms with Gasteiger partial charge < -0.3 is 23.7 Å². The van der Waals surface area contributed by atoms with E-state index in [0.717, 1.165) is 19.1 Å². The Morgan fingerprint density at radius 2 is 1.78 bits per heavy atom. The van der Waals surface area contributed by atoms with Crippen molar-refractivity contribution in [3.8, 4) is 0 Å². The van der Waals surface area contributed by atoms with Crippen molar-refractivity contribution < 1.29 is 28.1 Å². The maximum atomic E-state index is 14.7. The van der Waals surface area contributed by atoms with E-state index in [1.54, 1.807) is 0 Å². The van der Waals surface area contributed by atoms with Crippen molar-refractivity contribution in [2.75, 3.05) is 26.4 Å². The van der Waals surface area contributed by atoms with Gasteiger partial charge in [0.1, 0.15) is 12.1 Å². The fourth-order valence-corrected chi connectivity index (χ4v) is 2.86. The molecular weight excluding hydrogens is 303 g/mol. The first kappa shape index (κ1) is 18.5. The standard InChI is InChI=1S/C17H27FO5/c1-2-3-4-13(12-19)11-15(18)14(17-22-9-10-23-17)5-6-16-20-7-8-21-16/h11-14,16-17H,2-10H2,1H3/b15-11-. The van der Waals surface area contributed by atoms with Crippen LogP contribution in [0.25, 0.3) is 0 Å². The van der Waals surface area contributed by atoms with E-state index in [0.29, 0.717) is 45.7 Å². The van der Waals surface area contributed by atoms with Crippen LogP contribution in [-0.4, -0.2) is 45.3 Å². The van der Waals surface area contributed by atoms with E-state index in [1.807, 2.05) is 6.92 Å². The van der Waals surface area contributed by atoms with Gasteiger partial charge in [-0.05, 0) is 25.3 Å². The van der Waals surface area contributed by atoms with E-state index in [1.165, 1.54) is 6.08 Å². The molecule has 2 unspecified atom stereocenters. The number of halogens is 1. The van der Waals surface area contributed by atoms with E-state index in [-0.39, 0.29) is 12.1 Å². The van der Waals surface area contributed by atoms with Gasteiger partial charge in [-0.15, -0.1) is 0 Å². The van der Waals surface area contributed by atoms with Crippen LogP contribution in [-0.2, 0) is 23.7 Å². The summed E-state index contributed by atoms with van der Waals surface area (Å²) in [6.45, 7) is 4.14. The fourth-order valence-electron chi connectivity index (χ4n) is 2.86. The number of carbonyl (C=O) groups is 1. The highest BCUT2D eigenvalue weighted by Crippen LogP contribution is 2.30. The first-order valence-electron chi connectivity index (χ1n) is 8.53. The highest BCUT2D eigenvalue weighted by molar-refractivity contribution is 5.56. The van der Waals surface area contributed by atoms with Crippen molar-refractivity contribution in [1.29, 1.82) is 0 Å². The first-order valence-corrected chi connectivity index (χ1v) is 8.53. The Kier molecular flexibility index (Phi) is 8.16. The van der Waals surface area contributed by atoms with Gasteiger partial charge in [0.05, 0.1) is 32.3 Å². The largest absolute Gasteiger partial charge is 0.350 e. The molecule has 2 heterocycles. The summed E-state index contributed by atoms with van der Waals surface area (Å²) in [5, 5.41) is 0. The zero-order valence-corrected chi connectivity index (χ0v) is 13.7. The van der Waals surface area contributed by atoms with E-state index >= 15 is 0 Å². The maximum absolute atomic E-state index is 14.7. The molecule has 2 aliphatic rings. The monoisotopic (exact) mass is 330 g/mol. The molecule has 0 amide bonds. The zero-order valence-electron chi connectivity index (χ0n) is 13.7. The average molecular weight is 330 g/mol. The lowest BCUT2D eigenvalue weighted by molar-refractivity contribution is -0.110. The number of rotatable bonds is 10. The number of hydrogen-bond acceptors (Lipinski definition) is 5. The third-order valence-electron chi connectivity index (χ3n) is 4.17. The fraction of sp³-hybridized carbons (Fsp3) is 0.824. The highest BCUT2D eigenvalue weighted by Gasteiger charge is 2.32. The Labute approximate surface area is 137 Å². The van der Waals surface area contributed by atoms with Crippen LogP contribution in [0.2, 0.25) is 0 Å². The minimum atomic E-state index is -0.592. The molecule has 0 aromatic carbocycles. The van der Waals surface area contributed by atoms with Gasteiger partial charge in [-0.25, -0.2) is 4.39 Å². The minimum Gasteiger partial charge on any atom is -0.350 e. The van der Waals surface area contributed by atoms with Gasteiger partial charge in [-0.2, -0.15) is 0 Å². The van der Waals surface area contributed by atoms with Crippen LogP contribution in [0.5, 0.6) is 0 Å². The number of allylic oxidation sites excluding steroid dienone is 1. The van der Waals surface area contributed by atoms with E-state index in [4.69, 9.17) is 18.9 Å². The summed E-state index contributed by atoms with van der Waals surface area (Å²) in [6.07, 6.45) is 4.99. The van der Waals surface area contributed by atoms with E-state index in [2.05, 4.69) is 0 Å². The van der Waals surface area contributed by atoms with Gasteiger partial charge in [-0.3, -0.25) is 0 Å². The molecule has 132 valence electrons. The van der Waals surface area contributed by atoms with Crippen LogP contribution in [0, 0.1) is 11.8 Å². The van der Waals surface area contributed by atoms with Gasteiger partial charge in [-0.1, -0.05) is 19.8 Å². The molecule has 0 aliphatic carbocycles. The molecule has 5 nitrogen and oxygen atoms in total. The molecule has 6 heteroatoms. The molecule has 0 spiro atoms. The number of ether oxygens (including phenoxy) is 4. The SMILES string of the molecule is CCCCC(C=O)/C=C(\F)C(CCC1OCCO1)C1OCCO1. The number of hydrogen-bond donors (Lipinski definition) is 0. The van der Waals surface area contributed by atoms with Crippen LogP contribution in [0.4, 0.5) is 4.39 Å². The van der Waals surface area contributed by atoms with Crippen LogP contribution < -0.4 is 0 Å². The van der Waals surface area contributed by atoms with Gasteiger partial charge in [0.25, 0.3) is 0 Å². The zero-order chi connectivity index (χ0) is 16.5. The van der Waals surface area contributed by atoms with Crippen LogP contribution >= 0.6 is 0 Å². The summed E-state index contributed by atoms with van der Waals surface area (Å²) in [5.41, 5.74) is 0. The lowest BCUT2D eigenvalue weighted by Gasteiger charge is -2.22. The molecule has 0 aromatic rings. The minimum absolute atomic E-state index is 0.284. The summed E-state index contributed by atoms with van der Waals surface area (Å²) in [5.74, 6) is -1.24. The van der Waals surface area contributed by atoms with Crippen molar-refractivity contribution >= 4 is 6.29 Å². The van der Waals surface area contributed by atoms with Crippen LogP contribution in [0.1, 0.15) is 39.0 Å². The van der Waals surface area contributed by atoms with Crippen molar-refractivity contribution in [1.82, 2.24) is 0 Å². The predicted octanol–water partition coefficient (Wildman–Crippen LogP) is 2.99. The summed E-state index contributed by atoms with van der Waals surface area (Å²) < 4.78 is 36.5. The molecule has 2 aliphatic heterocycles. The van der Waals surface area contributed by atoms with Crippen LogP contribution in [0.15, 0.2) is 11.9 Å². The third-order valence-corrected chi connectivity index (χ3v) is 4.17. The lowest BCUT2D eigenvalue weighted by atomic mass is 9.95. The predicted molar refractivity (Wildman–Crippen MR) is 82.4 cm³/mol. The summed E-state index contributed by atoms with van der Waals surface area (Å²) in [7, 11) is 0. The summed E-state index contributed by atoms with van der Waals surface area (Å²) in [6, 6.07) is 0. The van der Waals surface area contributed by atoms with Crippen molar-refractivity contribution in [3.05, 3.63) is 11.9 Å². The van der Waals surface area contributed by atoms with E-state index < -0.39 is 18.1 Å². The highest BCUT2D eigenvalue weighted by atomic mass is 19.1. The second-order valence-corrected chi connectivity index (χ2v) is 5.96. The smallest absolute Gasteiger partial charge is 0.166 e. The number of unbranched alkanes of at least 4 members (excludes halogenated alkanes) is 1. The Hall–Kier alpha value is -0.820. The number of carbonyl (C=O) groups excluding carboxylic acids is 1. The Bertz CT molecular complexity index is 375. The Morgan fingerprint density at radius 1 is 1.13 bits per heavy atom. The average Bonchev–Trinajstić information content (AvgIpc) is 3.25. The summed E-state index contributed by atoms with van der Waals surface area (Å²) >= 11 is 0. The summed E-state index contributed by atoms with van der Waals surface area (Å²) in [4.78, 5) is 11.1. The van der Waals surface area contributed by atoms with Gasteiger partial charge in [0.15, 0.2) is 12.6 Å². The Balaban J connectivity index is 1.96. The molecule has 0 aromatic heterocycles. The molecule has 0 bridgehead atoms. The second kappa shape index (κ2) is 10.1. The van der Waals surface area contributed by atoms with Gasteiger partial charge >= 0.3 is 0 Å². The molecule has 2 fully saturated rings. The topological polar surface area (TPSA) is 54.0 Å². The lowest BCUT2D eigenvalue weighted by Crippen LogP contribution is -2.24. The number of aldehydes is 1. The van der Waals surface area contributed by atoms with Crippen LogP contribution in [0.3, 0.4) is 0 Å². The Morgan fingerprint density at radius 3 is 2.39 bits per heavy atom. The second-order valence-electron chi connectivity index (χ2n) is 5.96. The molecule has 0 radical (unpaired) electrons. The van der Waals surface area contributed by atoms with Crippen molar-refractivity contribution in [2.45, 2.75) is 51.6 Å². The molecule has 0 N–H and O–H groups in total. The first-order chi connectivity index (χ1) is 11.2. The van der Waals surface area contributed by atoms with Gasteiger partial charge in [0.2, 0.25) is 0 Å². The molecular formula is C17H27FO5. The van der Waals surface area contributed by atoms with E-state index in [9.17, 15) is 9.18 Å². The normalized spacial score (nSPS) is 23.3. The van der Waals surface area contributed by atoms with Crippen molar-refractivity contribution in [2.24, 2.45) is 11.8 Å². The molecule has 2 saturated heterocycles. The molecule has 0 saturated carbocycles.